The average Bonchev–Trinajstić information content (AvgIpc) is 3.25. The van der Waals surface area contributed by atoms with E-state index in [2.05, 4.69) is 31.5 Å². The van der Waals surface area contributed by atoms with Gasteiger partial charge in [-0.25, -0.2) is 17.7 Å². The number of fused-ring (bicyclic) bond motifs is 1. The first kappa shape index (κ1) is 27.2. The van der Waals surface area contributed by atoms with Crippen LogP contribution in [0.3, 0.4) is 0 Å². The van der Waals surface area contributed by atoms with Gasteiger partial charge in [-0.05, 0) is 38.2 Å². The molecule has 1 unspecified atom stereocenters. The van der Waals surface area contributed by atoms with Gasteiger partial charge in [-0.1, -0.05) is 23.2 Å². The Balaban J connectivity index is 1.24. The molecule has 6 rings (SSSR count). The fraction of sp³-hybridized carbons (Fsp3) is 0.370. The van der Waals surface area contributed by atoms with Crippen molar-refractivity contribution in [2.45, 2.75) is 19.6 Å². The fourth-order valence-corrected chi connectivity index (χ4v) is 7.34. The SMILES string of the molecule is CNCc1cc(-c2n[nH]c3ccc(OC(C)c4c(Cl)cncc4Cl)cc23)cnc1N1CC2(C1)CN(S(C)(=O)=O)C2. The van der Waals surface area contributed by atoms with Crippen molar-refractivity contribution < 1.29 is 13.2 Å². The predicted octanol–water partition coefficient (Wildman–Crippen LogP) is 4.27. The highest BCUT2D eigenvalue weighted by atomic mass is 35.5. The van der Waals surface area contributed by atoms with Crippen molar-refractivity contribution in [3.05, 3.63) is 64.0 Å². The Bertz CT molecular complexity index is 1680. The number of pyridine rings is 2. The molecule has 2 saturated heterocycles. The summed E-state index contributed by atoms with van der Waals surface area (Å²) in [5, 5.41) is 12.7. The molecule has 0 saturated carbocycles. The van der Waals surface area contributed by atoms with Crippen LogP contribution in [0.2, 0.25) is 10.0 Å². The van der Waals surface area contributed by atoms with Gasteiger partial charge in [-0.2, -0.15) is 5.10 Å². The number of benzene rings is 1. The molecule has 10 nitrogen and oxygen atoms in total. The zero-order chi connectivity index (χ0) is 28.2. The Labute approximate surface area is 242 Å². The molecule has 0 amide bonds. The maximum Gasteiger partial charge on any atom is 0.211 e. The quantitative estimate of drug-likeness (QED) is 0.307. The van der Waals surface area contributed by atoms with Gasteiger partial charge in [0.2, 0.25) is 10.0 Å². The summed E-state index contributed by atoms with van der Waals surface area (Å²) < 4.78 is 31.4. The summed E-state index contributed by atoms with van der Waals surface area (Å²) in [6.45, 7) is 5.25. The van der Waals surface area contributed by atoms with E-state index in [1.54, 1.807) is 12.4 Å². The van der Waals surface area contributed by atoms with Gasteiger partial charge in [0.05, 0.1) is 21.8 Å². The minimum absolute atomic E-state index is 0.0248. The molecular weight excluding hydrogens is 573 g/mol. The molecule has 5 heterocycles. The third-order valence-corrected chi connectivity index (χ3v) is 9.37. The smallest absolute Gasteiger partial charge is 0.211 e. The van der Waals surface area contributed by atoms with E-state index < -0.39 is 10.0 Å². The molecule has 4 aromatic rings. The Kier molecular flexibility index (Phi) is 6.90. The number of hydrogen-bond acceptors (Lipinski definition) is 8. The van der Waals surface area contributed by atoms with Gasteiger partial charge in [0, 0.05) is 78.8 Å². The molecule has 1 aromatic carbocycles. The van der Waals surface area contributed by atoms with Crippen LogP contribution in [0.15, 0.2) is 42.9 Å². The number of hydrogen-bond donors (Lipinski definition) is 2. The molecule has 3 aromatic heterocycles. The summed E-state index contributed by atoms with van der Waals surface area (Å²) in [6.07, 6.45) is 5.82. The fourth-order valence-electron chi connectivity index (χ4n) is 5.65. The zero-order valence-electron chi connectivity index (χ0n) is 22.3. The number of rotatable bonds is 8. The number of sulfonamides is 1. The molecule has 0 radical (unpaired) electrons. The van der Waals surface area contributed by atoms with Crippen LogP contribution in [0, 0.1) is 5.41 Å². The summed E-state index contributed by atoms with van der Waals surface area (Å²) in [7, 11) is -1.23. The van der Waals surface area contributed by atoms with Crippen molar-refractivity contribution in [2.24, 2.45) is 5.41 Å². The van der Waals surface area contributed by atoms with E-state index in [0.717, 1.165) is 46.6 Å². The van der Waals surface area contributed by atoms with E-state index in [4.69, 9.17) is 32.9 Å². The van der Waals surface area contributed by atoms with E-state index in [9.17, 15) is 8.42 Å². The second-order valence-electron chi connectivity index (χ2n) is 10.7. The van der Waals surface area contributed by atoms with E-state index in [1.807, 2.05) is 38.4 Å². The van der Waals surface area contributed by atoms with Gasteiger partial charge in [0.25, 0.3) is 0 Å². The predicted molar refractivity (Wildman–Crippen MR) is 156 cm³/mol. The Morgan fingerprint density at radius 1 is 1.12 bits per heavy atom. The number of aromatic nitrogens is 4. The van der Waals surface area contributed by atoms with Gasteiger partial charge >= 0.3 is 0 Å². The molecule has 2 fully saturated rings. The molecule has 210 valence electrons. The summed E-state index contributed by atoms with van der Waals surface area (Å²) in [6, 6.07) is 7.86. The molecule has 0 bridgehead atoms. The first-order chi connectivity index (χ1) is 19.1. The van der Waals surface area contributed by atoms with E-state index >= 15 is 0 Å². The van der Waals surface area contributed by atoms with Gasteiger partial charge in [-0.15, -0.1) is 0 Å². The Morgan fingerprint density at radius 2 is 1.85 bits per heavy atom. The number of nitrogens with one attached hydrogen (secondary N) is 2. The van der Waals surface area contributed by atoms with Crippen molar-refractivity contribution in [1.82, 2.24) is 29.8 Å². The van der Waals surface area contributed by atoms with Crippen LogP contribution < -0.4 is 15.0 Å². The molecule has 1 spiro atoms. The monoisotopic (exact) mass is 601 g/mol. The standard InChI is InChI=1S/C27H29Cl2N7O3S/c1-16(24-21(28)10-31-11-22(24)29)39-19-4-5-23-20(7-19)25(34-33-23)17-6-18(8-30-2)26(32-9-17)35-12-27(13-35)14-36(15-27)40(3,37)38/h4-7,9-11,16,30H,8,12-15H2,1-3H3,(H,33,34). The Hall–Kier alpha value is -2.96. The maximum absolute atomic E-state index is 11.8. The first-order valence-electron chi connectivity index (χ1n) is 12.8. The molecule has 2 aliphatic rings. The van der Waals surface area contributed by atoms with Crippen LogP contribution in [0.5, 0.6) is 5.75 Å². The van der Waals surface area contributed by atoms with Crippen molar-refractivity contribution in [2.75, 3.05) is 44.4 Å². The van der Waals surface area contributed by atoms with E-state index in [1.165, 1.54) is 10.6 Å². The lowest BCUT2D eigenvalue weighted by molar-refractivity contribution is 0.0394. The zero-order valence-corrected chi connectivity index (χ0v) is 24.6. The molecule has 2 aliphatic heterocycles. The summed E-state index contributed by atoms with van der Waals surface area (Å²) in [4.78, 5) is 11.1. The number of halogens is 2. The summed E-state index contributed by atoms with van der Waals surface area (Å²) in [5.74, 6) is 1.56. The van der Waals surface area contributed by atoms with Gasteiger partial charge in [-0.3, -0.25) is 10.1 Å². The number of ether oxygens (including phenoxy) is 1. The number of nitrogens with zero attached hydrogens (tertiary/aromatic N) is 5. The highest BCUT2D eigenvalue weighted by Crippen LogP contribution is 2.43. The lowest BCUT2D eigenvalue weighted by Gasteiger charge is -2.59. The molecule has 0 aliphatic carbocycles. The first-order valence-corrected chi connectivity index (χ1v) is 15.4. The van der Waals surface area contributed by atoms with Crippen molar-refractivity contribution in [3.63, 3.8) is 0 Å². The lowest BCUT2D eigenvalue weighted by Crippen LogP contribution is -2.73. The van der Waals surface area contributed by atoms with Crippen LogP contribution in [-0.4, -0.2) is 72.4 Å². The van der Waals surface area contributed by atoms with Gasteiger partial charge in [0.1, 0.15) is 23.4 Å². The van der Waals surface area contributed by atoms with Crippen LogP contribution in [-0.2, 0) is 16.6 Å². The highest BCUT2D eigenvalue weighted by Gasteiger charge is 2.54. The second-order valence-corrected chi connectivity index (χ2v) is 13.5. The normalized spacial score (nSPS) is 17.6. The third-order valence-electron chi connectivity index (χ3n) is 7.57. The average molecular weight is 603 g/mol. The van der Waals surface area contributed by atoms with Gasteiger partial charge in [0.15, 0.2) is 0 Å². The maximum atomic E-state index is 11.8. The van der Waals surface area contributed by atoms with E-state index in [0.29, 0.717) is 41.0 Å². The van der Waals surface area contributed by atoms with Crippen molar-refractivity contribution in [3.8, 4) is 17.0 Å². The second kappa shape index (κ2) is 10.1. The van der Waals surface area contributed by atoms with Crippen molar-refractivity contribution >= 4 is 49.9 Å². The number of anilines is 1. The van der Waals surface area contributed by atoms with Crippen LogP contribution >= 0.6 is 23.2 Å². The third kappa shape index (κ3) is 4.90. The Morgan fingerprint density at radius 3 is 2.52 bits per heavy atom. The van der Waals surface area contributed by atoms with Crippen molar-refractivity contribution in [1.29, 1.82) is 0 Å². The molecule has 13 heteroatoms. The highest BCUT2D eigenvalue weighted by molar-refractivity contribution is 7.88. The molecule has 40 heavy (non-hydrogen) atoms. The molecule has 1 atom stereocenters. The minimum Gasteiger partial charge on any atom is -0.486 e. The summed E-state index contributed by atoms with van der Waals surface area (Å²) >= 11 is 12.7. The van der Waals surface area contributed by atoms with Crippen LogP contribution in [0.1, 0.15) is 24.2 Å². The van der Waals surface area contributed by atoms with Crippen LogP contribution in [0.4, 0.5) is 5.82 Å². The topological polar surface area (TPSA) is 116 Å². The number of H-pyrrole nitrogens is 1. The molecular formula is C27H29Cl2N7O3S. The lowest BCUT2D eigenvalue weighted by atomic mass is 9.74. The van der Waals surface area contributed by atoms with Crippen LogP contribution in [0.25, 0.3) is 22.2 Å². The molecule has 2 N–H and O–H groups in total. The van der Waals surface area contributed by atoms with E-state index in [-0.39, 0.29) is 11.5 Å². The largest absolute Gasteiger partial charge is 0.486 e. The van der Waals surface area contributed by atoms with Gasteiger partial charge < -0.3 is 15.0 Å². The minimum atomic E-state index is -3.13. The number of aromatic amines is 1. The summed E-state index contributed by atoms with van der Waals surface area (Å²) in [5.41, 5.74) is 4.28.